The summed E-state index contributed by atoms with van der Waals surface area (Å²) in [7, 11) is 0. The van der Waals surface area contributed by atoms with Crippen LogP contribution in [-0.2, 0) is 4.79 Å². The zero-order valence-corrected chi connectivity index (χ0v) is 13.8. The van der Waals surface area contributed by atoms with Crippen LogP contribution in [0.1, 0.15) is 53.4 Å². The molecule has 0 radical (unpaired) electrons. The maximum absolute atomic E-state index is 12.1. The van der Waals surface area contributed by atoms with Crippen molar-refractivity contribution < 1.29 is 4.79 Å². The Morgan fingerprint density at radius 3 is 2.15 bits per heavy atom. The third-order valence-electron chi connectivity index (χ3n) is 4.88. The Kier molecular flexibility index (Phi) is 5.11. The fourth-order valence-electron chi connectivity index (χ4n) is 3.55. The molecule has 0 saturated carbocycles. The summed E-state index contributed by atoms with van der Waals surface area (Å²) in [6.45, 7) is 14.7. The van der Waals surface area contributed by atoms with Gasteiger partial charge in [0.1, 0.15) is 0 Å². The molecule has 0 unspecified atom stereocenters. The number of piperidine rings is 1. The van der Waals surface area contributed by atoms with Crippen LogP contribution in [0.25, 0.3) is 0 Å². The quantitative estimate of drug-likeness (QED) is 0.773. The number of nitrogens with zero attached hydrogens (tertiary/aromatic N) is 2. The van der Waals surface area contributed by atoms with Crippen LogP contribution in [0.5, 0.6) is 0 Å². The lowest BCUT2D eigenvalue weighted by Gasteiger charge is -2.54. The predicted octanol–water partition coefficient (Wildman–Crippen LogP) is 3.00. The van der Waals surface area contributed by atoms with Gasteiger partial charge in [0.15, 0.2) is 0 Å². The lowest BCUT2D eigenvalue weighted by molar-refractivity contribution is -0.147. The summed E-state index contributed by atoms with van der Waals surface area (Å²) in [5, 5.41) is 0. The smallest absolute Gasteiger partial charge is 0.222 e. The van der Waals surface area contributed by atoms with Crippen LogP contribution in [0, 0.1) is 17.3 Å². The van der Waals surface area contributed by atoms with Gasteiger partial charge in [-0.15, -0.1) is 0 Å². The van der Waals surface area contributed by atoms with Crippen molar-refractivity contribution in [2.24, 2.45) is 17.3 Å². The van der Waals surface area contributed by atoms with Gasteiger partial charge in [0, 0.05) is 31.5 Å². The van der Waals surface area contributed by atoms with E-state index in [0.717, 1.165) is 31.8 Å². The summed E-state index contributed by atoms with van der Waals surface area (Å²) in [6, 6.07) is 0. The molecular weight excluding hydrogens is 248 g/mol. The third-order valence-corrected chi connectivity index (χ3v) is 4.88. The molecule has 0 aromatic heterocycles. The zero-order chi connectivity index (χ0) is 14.8. The first kappa shape index (κ1) is 15.8. The minimum absolute atomic E-state index is 0.383. The first-order valence-electron chi connectivity index (χ1n) is 8.40. The third kappa shape index (κ3) is 3.97. The van der Waals surface area contributed by atoms with Crippen molar-refractivity contribution >= 4 is 5.91 Å². The van der Waals surface area contributed by atoms with E-state index in [9.17, 15) is 4.79 Å². The van der Waals surface area contributed by atoms with E-state index >= 15 is 0 Å². The number of carbonyl (C=O) groups is 1. The first-order valence-corrected chi connectivity index (χ1v) is 8.40. The molecule has 0 aromatic carbocycles. The lowest BCUT2D eigenvalue weighted by Crippen LogP contribution is -2.62. The number of rotatable bonds is 5. The minimum Gasteiger partial charge on any atom is -0.341 e. The maximum Gasteiger partial charge on any atom is 0.222 e. The summed E-state index contributed by atoms with van der Waals surface area (Å²) in [5.74, 6) is 1.78. The van der Waals surface area contributed by atoms with Crippen molar-refractivity contribution in [2.75, 3.05) is 32.7 Å². The second-order valence-electron chi connectivity index (χ2n) is 7.88. The van der Waals surface area contributed by atoms with E-state index in [1.807, 2.05) is 0 Å². The van der Waals surface area contributed by atoms with Crippen LogP contribution in [0.4, 0.5) is 0 Å². The van der Waals surface area contributed by atoms with Crippen LogP contribution in [0.3, 0.4) is 0 Å². The highest BCUT2D eigenvalue weighted by atomic mass is 16.2. The van der Waals surface area contributed by atoms with Gasteiger partial charge in [-0.2, -0.15) is 0 Å². The van der Waals surface area contributed by atoms with Gasteiger partial charge in [-0.25, -0.2) is 0 Å². The summed E-state index contributed by atoms with van der Waals surface area (Å²) < 4.78 is 0. The van der Waals surface area contributed by atoms with E-state index in [4.69, 9.17) is 0 Å². The van der Waals surface area contributed by atoms with Gasteiger partial charge in [0.2, 0.25) is 5.91 Å². The number of hydrogen-bond donors (Lipinski definition) is 0. The maximum atomic E-state index is 12.1. The van der Waals surface area contributed by atoms with E-state index in [-0.39, 0.29) is 0 Å². The molecule has 2 fully saturated rings. The number of hydrogen-bond acceptors (Lipinski definition) is 2. The van der Waals surface area contributed by atoms with Gasteiger partial charge in [0.05, 0.1) is 0 Å². The average Bonchev–Trinajstić information content (AvgIpc) is 2.33. The zero-order valence-electron chi connectivity index (χ0n) is 13.8. The predicted molar refractivity (Wildman–Crippen MR) is 83.6 cm³/mol. The van der Waals surface area contributed by atoms with Crippen LogP contribution >= 0.6 is 0 Å². The lowest BCUT2D eigenvalue weighted by atomic mass is 9.71. The van der Waals surface area contributed by atoms with E-state index in [0.29, 0.717) is 17.2 Å². The average molecular weight is 280 g/mol. The van der Waals surface area contributed by atoms with Crippen molar-refractivity contribution in [1.82, 2.24) is 9.80 Å². The molecule has 20 heavy (non-hydrogen) atoms. The Morgan fingerprint density at radius 1 is 1.05 bits per heavy atom. The molecule has 3 heteroatoms. The van der Waals surface area contributed by atoms with Crippen molar-refractivity contribution in [3.8, 4) is 0 Å². The molecule has 116 valence electrons. The van der Waals surface area contributed by atoms with Crippen molar-refractivity contribution in [3.05, 3.63) is 0 Å². The Morgan fingerprint density at radius 2 is 1.65 bits per heavy atom. The van der Waals surface area contributed by atoms with Crippen LogP contribution < -0.4 is 0 Å². The fourth-order valence-corrected chi connectivity index (χ4v) is 3.55. The van der Waals surface area contributed by atoms with Gasteiger partial charge in [-0.3, -0.25) is 4.79 Å². The van der Waals surface area contributed by atoms with Gasteiger partial charge >= 0.3 is 0 Å². The Hall–Kier alpha value is -0.570. The summed E-state index contributed by atoms with van der Waals surface area (Å²) in [4.78, 5) is 16.8. The molecule has 1 amide bonds. The molecule has 1 spiro atoms. The van der Waals surface area contributed by atoms with Crippen LogP contribution in [-0.4, -0.2) is 48.4 Å². The molecule has 2 aliphatic rings. The Balaban J connectivity index is 1.69. The van der Waals surface area contributed by atoms with Gasteiger partial charge in [0.25, 0.3) is 0 Å². The van der Waals surface area contributed by atoms with Crippen molar-refractivity contribution in [1.29, 1.82) is 0 Å². The molecule has 2 aliphatic heterocycles. The number of carbonyl (C=O) groups excluding carboxylic acids is 1. The van der Waals surface area contributed by atoms with Crippen molar-refractivity contribution in [3.63, 3.8) is 0 Å². The SMILES string of the molecule is CC(C)CCC(=O)N1CC2(CCN(CC(C)C)CC2)C1. The topological polar surface area (TPSA) is 23.6 Å². The van der Waals surface area contributed by atoms with Crippen LogP contribution in [0.15, 0.2) is 0 Å². The molecule has 2 saturated heterocycles. The molecule has 0 aromatic rings. The highest BCUT2D eigenvalue weighted by molar-refractivity contribution is 5.77. The molecule has 2 heterocycles. The number of likely N-dealkylation sites (tertiary alicyclic amines) is 2. The van der Waals surface area contributed by atoms with E-state index in [1.54, 1.807) is 0 Å². The first-order chi connectivity index (χ1) is 9.40. The molecule has 0 aliphatic carbocycles. The monoisotopic (exact) mass is 280 g/mol. The van der Waals surface area contributed by atoms with E-state index in [1.165, 1.54) is 32.5 Å². The highest BCUT2D eigenvalue weighted by Crippen LogP contribution is 2.40. The van der Waals surface area contributed by atoms with Gasteiger partial charge < -0.3 is 9.80 Å². The minimum atomic E-state index is 0.383. The molecule has 0 bridgehead atoms. The number of amides is 1. The molecule has 0 N–H and O–H groups in total. The summed E-state index contributed by atoms with van der Waals surface area (Å²) >= 11 is 0. The second kappa shape index (κ2) is 6.46. The normalized spacial score (nSPS) is 22.6. The highest BCUT2D eigenvalue weighted by Gasteiger charge is 2.46. The molecule has 3 nitrogen and oxygen atoms in total. The standard InChI is InChI=1S/C17H32N2O/c1-14(2)5-6-16(20)19-12-17(13-19)7-9-18(10-8-17)11-15(3)4/h14-15H,5-13H2,1-4H3. The Labute approximate surface area is 124 Å². The van der Waals surface area contributed by atoms with Gasteiger partial charge in [-0.1, -0.05) is 27.7 Å². The second-order valence-corrected chi connectivity index (χ2v) is 7.88. The molecular formula is C17H32N2O. The Bertz CT molecular complexity index is 322. The molecule has 0 atom stereocenters. The van der Waals surface area contributed by atoms with E-state index in [2.05, 4.69) is 37.5 Å². The van der Waals surface area contributed by atoms with Crippen LogP contribution in [0.2, 0.25) is 0 Å². The van der Waals surface area contributed by atoms with E-state index < -0.39 is 0 Å². The molecule has 2 rings (SSSR count). The largest absolute Gasteiger partial charge is 0.341 e. The van der Waals surface area contributed by atoms with Gasteiger partial charge in [-0.05, 0) is 44.2 Å². The summed E-state index contributed by atoms with van der Waals surface area (Å²) in [6.07, 6.45) is 4.35. The van der Waals surface area contributed by atoms with Crippen molar-refractivity contribution in [2.45, 2.75) is 53.4 Å². The fraction of sp³-hybridized carbons (Fsp3) is 0.941. The summed E-state index contributed by atoms with van der Waals surface area (Å²) in [5.41, 5.74) is 0.473.